The quantitative estimate of drug-likeness (QED) is 0.582. The molecule has 0 radical (unpaired) electrons. The Morgan fingerprint density at radius 3 is 3.19 bits per heavy atom. The average molecular weight is 367 g/mol. The molecule has 0 spiro atoms. The molecule has 1 saturated heterocycles. The molecule has 9 nitrogen and oxygen atoms in total. The highest BCUT2D eigenvalue weighted by Gasteiger charge is 2.24. The van der Waals surface area contributed by atoms with Crippen LogP contribution in [-0.4, -0.2) is 50.6 Å². The molecule has 140 valence electrons. The van der Waals surface area contributed by atoms with Crippen LogP contribution in [0.4, 0.5) is 5.69 Å². The summed E-state index contributed by atoms with van der Waals surface area (Å²) in [5.74, 6) is 0.797. The Hall–Kier alpha value is -3.20. The normalized spacial score (nSPS) is 16.4. The summed E-state index contributed by atoms with van der Waals surface area (Å²) in [6.45, 7) is 2.88. The van der Waals surface area contributed by atoms with Crippen LogP contribution in [0.1, 0.15) is 28.4 Å². The van der Waals surface area contributed by atoms with E-state index in [2.05, 4.69) is 30.9 Å². The van der Waals surface area contributed by atoms with Gasteiger partial charge in [0, 0.05) is 24.2 Å². The van der Waals surface area contributed by atoms with Gasteiger partial charge in [-0.3, -0.25) is 9.89 Å². The molecule has 1 fully saturated rings. The molecule has 0 saturated carbocycles. The molecule has 9 heteroatoms. The highest BCUT2D eigenvalue weighted by atomic mass is 16.5. The molecule has 4 rings (SSSR count). The lowest BCUT2D eigenvalue weighted by atomic mass is 10.0. The first-order valence-corrected chi connectivity index (χ1v) is 8.90. The Bertz CT molecular complexity index is 885. The molecule has 27 heavy (non-hydrogen) atoms. The van der Waals surface area contributed by atoms with E-state index in [0.717, 1.165) is 25.2 Å². The van der Waals surface area contributed by atoms with Crippen LogP contribution < -0.4 is 15.4 Å². The smallest absolute Gasteiger partial charge is 0.259 e. The van der Waals surface area contributed by atoms with E-state index in [0.29, 0.717) is 36.1 Å². The Labute approximate surface area is 156 Å². The van der Waals surface area contributed by atoms with E-state index >= 15 is 0 Å². The van der Waals surface area contributed by atoms with E-state index in [1.807, 2.05) is 18.2 Å². The SMILES string of the molecule is O=C(Nc1cccc(OCCn2cncn2)c1)c1cn[nH]c1C1CCNC1. The van der Waals surface area contributed by atoms with Crippen molar-refractivity contribution < 1.29 is 9.53 Å². The first-order chi connectivity index (χ1) is 13.3. The summed E-state index contributed by atoms with van der Waals surface area (Å²) < 4.78 is 7.43. The van der Waals surface area contributed by atoms with Crippen molar-refractivity contribution in [3.63, 3.8) is 0 Å². The third-order valence-electron chi connectivity index (χ3n) is 4.53. The number of carbonyl (C=O) groups is 1. The lowest BCUT2D eigenvalue weighted by Gasteiger charge is -2.11. The predicted molar refractivity (Wildman–Crippen MR) is 98.7 cm³/mol. The van der Waals surface area contributed by atoms with Crippen molar-refractivity contribution in [3.8, 4) is 5.75 Å². The van der Waals surface area contributed by atoms with Gasteiger partial charge in [-0.2, -0.15) is 10.2 Å². The zero-order valence-corrected chi connectivity index (χ0v) is 14.8. The number of amides is 1. The van der Waals surface area contributed by atoms with Crippen LogP contribution in [0.15, 0.2) is 43.1 Å². The highest BCUT2D eigenvalue weighted by Crippen LogP contribution is 2.25. The van der Waals surface area contributed by atoms with Crippen molar-refractivity contribution in [1.82, 2.24) is 30.3 Å². The molecule has 1 aliphatic heterocycles. The van der Waals surface area contributed by atoms with Crippen molar-refractivity contribution in [2.75, 3.05) is 25.0 Å². The molecular formula is C18H21N7O2. The minimum atomic E-state index is -0.176. The summed E-state index contributed by atoms with van der Waals surface area (Å²) in [7, 11) is 0. The van der Waals surface area contributed by atoms with Gasteiger partial charge in [0.2, 0.25) is 0 Å². The maximum Gasteiger partial charge on any atom is 0.259 e. The van der Waals surface area contributed by atoms with Crippen LogP contribution in [0.3, 0.4) is 0 Å². The van der Waals surface area contributed by atoms with Gasteiger partial charge in [0.15, 0.2) is 0 Å². The van der Waals surface area contributed by atoms with Gasteiger partial charge < -0.3 is 15.4 Å². The molecule has 3 N–H and O–H groups in total. The van der Waals surface area contributed by atoms with Crippen LogP contribution in [-0.2, 0) is 6.54 Å². The van der Waals surface area contributed by atoms with Crippen molar-refractivity contribution >= 4 is 11.6 Å². The van der Waals surface area contributed by atoms with Crippen LogP contribution in [0.2, 0.25) is 0 Å². The zero-order chi connectivity index (χ0) is 18.5. The third-order valence-corrected chi connectivity index (χ3v) is 4.53. The van der Waals surface area contributed by atoms with E-state index in [1.54, 1.807) is 23.3 Å². The summed E-state index contributed by atoms with van der Waals surface area (Å²) in [6, 6.07) is 7.33. The monoisotopic (exact) mass is 367 g/mol. The van der Waals surface area contributed by atoms with Crippen molar-refractivity contribution in [2.45, 2.75) is 18.9 Å². The molecule has 2 aromatic heterocycles. The predicted octanol–water partition coefficient (Wildman–Crippen LogP) is 1.41. The Kier molecular flexibility index (Phi) is 5.10. The van der Waals surface area contributed by atoms with E-state index in [4.69, 9.17) is 4.74 Å². The van der Waals surface area contributed by atoms with E-state index < -0.39 is 0 Å². The number of H-pyrrole nitrogens is 1. The van der Waals surface area contributed by atoms with E-state index in [1.165, 1.54) is 6.33 Å². The number of ether oxygens (including phenoxy) is 1. The van der Waals surface area contributed by atoms with Gasteiger partial charge in [0.05, 0.1) is 24.0 Å². The topological polar surface area (TPSA) is 110 Å². The Balaban J connectivity index is 1.38. The van der Waals surface area contributed by atoms with Gasteiger partial charge in [-0.1, -0.05) is 6.07 Å². The molecule has 3 aromatic rings. The number of hydrogen-bond acceptors (Lipinski definition) is 6. The number of carbonyl (C=O) groups excluding carboxylic acids is 1. The van der Waals surface area contributed by atoms with Gasteiger partial charge in [-0.25, -0.2) is 9.67 Å². The van der Waals surface area contributed by atoms with Gasteiger partial charge in [-0.05, 0) is 25.1 Å². The molecule has 1 atom stereocenters. The number of benzene rings is 1. The summed E-state index contributed by atoms with van der Waals surface area (Å²) >= 11 is 0. The second kappa shape index (κ2) is 8.00. The van der Waals surface area contributed by atoms with Crippen LogP contribution in [0, 0.1) is 0 Å². The number of aromatic amines is 1. The molecular weight excluding hydrogens is 346 g/mol. The first kappa shape index (κ1) is 17.2. The number of nitrogens with one attached hydrogen (secondary N) is 3. The summed E-state index contributed by atoms with van der Waals surface area (Å²) in [4.78, 5) is 16.6. The second-order valence-electron chi connectivity index (χ2n) is 6.38. The minimum absolute atomic E-state index is 0.176. The maximum absolute atomic E-state index is 12.7. The second-order valence-corrected chi connectivity index (χ2v) is 6.38. The van der Waals surface area contributed by atoms with Gasteiger partial charge >= 0.3 is 0 Å². The fourth-order valence-electron chi connectivity index (χ4n) is 3.16. The van der Waals surface area contributed by atoms with Crippen molar-refractivity contribution in [1.29, 1.82) is 0 Å². The Morgan fingerprint density at radius 2 is 2.37 bits per heavy atom. The van der Waals surface area contributed by atoms with Crippen LogP contribution in [0.5, 0.6) is 5.75 Å². The first-order valence-electron chi connectivity index (χ1n) is 8.90. The third kappa shape index (κ3) is 4.14. The lowest BCUT2D eigenvalue weighted by Crippen LogP contribution is -2.16. The molecule has 1 unspecified atom stereocenters. The van der Waals surface area contributed by atoms with Crippen molar-refractivity contribution in [3.05, 3.63) is 54.4 Å². The van der Waals surface area contributed by atoms with Gasteiger partial charge in [-0.15, -0.1) is 0 Å². The van der Waals surface area contributed by atoms with Gasteiger partial charge in [0.1, 0.15) is 25.0 Å². The minimum Gasteiger partial charge on any atom is -0.492 e. The Morgan fingerprint density at radius 1 is 1.41 bits per heavy atom. The number of nitrogens with zero attached hydrogens (tertiary/aromatic N) is 4. The molecule has 3 heterocycles. The lowest BCUT2D eigenvalue weighted by molar-refractivity contribution is 0.102. The number of hydrogen-bond donors (Lipinski definition) is 3. The number of anilines is 1. The van der Waals surface area contributed by atoms with Crippen LogP contribution >= 0.6 is 0 Å². The van der Waals surface area contributed by atoms with Crippen LogP contribution in [0.25, 0.3) is 0 Å². The highest BCUT2D eigenvalue weighted by molar-refractivity contribution is 6.05. The van der Waals surface area contributed by atoms with Gasteiger partial charge in [0.25, 0.3) is 5.91 Å². The number of aromatic nitrogens is 5. The fraction of sp³-hybridized carbons (Fsp3) is 0.333. The van der Waals surface area contributed by atoms with E-state index in [-0.39, 0.29) is 5.91 Å². The maximum atomic E-state index is 12.7. The summed E-state index contributed by atoms with van der Waals surface area (Å²) in [5.41, 5.74) is 2.15. The summed E-state index contributed by atoms with van der Waals surface area (Å²) in [6.07, 6.45) is 5.71. The zero-order valence-electron chi connectivity index (χ0n) is 14.8. The molecule has 1 aliphatic rings. The van der Waals surface area contributed by atoms with E-state index in [9.17, 15) is 4.79 Å². The molecule has 1 amide bonds. The number of rotatable bonds is 7. The molecule has 0 bridgehead atoms. The fourth-order valence-corrected chi connectivity index (χ4v) is 3.16. The molecule has 0 aliphatic carbocycles. The van der Waals surface area contributed by atoms with Crippen molar-refractivity contribution in [2.24, 2.45) is 0 Å². The largest absolute Gasteiger partial charge is 0.492 e. The average Bonchev–Trinajstić information content (AvgIpc) is 3.43. The standard InChI is InChI=1S/C18H21N7O2/c26-18(16-10-21-24-17(16)13-4-5-19-9-13)23-14-2-1-3-15(8-14)27-7-6-25-12-20-11-22-25/h1-3,8,10-13,19H,4-7,9H2,(H,21,24)(H,23,26). The summed E-state index contributed by atoms with van der Waals surface area (Å²) in [5, 5.41) is 17.3. The molecule has 1 aromatic carbocycles.